The molecule has 1 aromatic carbocycles. The van der Waals surface area contributed by atoms with Crippen LogP contribution in [0.1, 0.15) is 75.9 Å². The second kappa shape index (κ2) is 10.5. The van der Waals surface area contributed by atoms with Crippen molar-refractivity contribution in [2.45, 2.75) is 76.1 Å². The molecule has 1 saturated carbocycles. The van der Waals surface area contributed by atoms with Gasteiger partial charge in [-0.05, 0) is 12.8 Å². The molecule has 4 atom stereocenters. The average Bonchev–Trinajstić information content (AvgIpc) is 3.10. The quantitative estimate of drug-likeness (QED) is 0.559. The molecule has 1 N–H and O–H groups in total. The van der Waals surface area contributed by atoms with E-state index in [0.29, 0.717) is 24.2 Å². The number of hydrogen-bond acceptors (Lipinski definition) is 9. The first-order valence-corrected chi connectivity index (χ1v) is 12.9. The average molecular weight is 507 g/mol. The van der Waals surface area contributed by atoms with Crippen molar-refractivity contribution in [1.29, 1.82) is 21.2 Å². The minimum absolute atomic E-state index is 0.290. The van der Waals surface area contributed by atoms with Crippen LogP contribution in [-0.2, 0) is 9.47 Å². The van der Waals surface area contributed by atoms with Crippen LogP contribution in [0.2, 0.25) is 0 Å². The molecule has 1 aliphatic carbocycles. The molecule has 2 saturated heterocycles. The van der Waals surface area contributed by atoms with Crippen LogP contribution >= 0.6 is 0 Å². The van der Waals surface area contributed by atoms with Gasteiger partial charge in [0.05, 0.1) is 51.0 Å². The van der Waals surface area contributed by atoms with Gasteiger partial charge in [-0.2, -0.15) is 15.8 Å². The number of methoxy groups -OCH3 is 3. The Balaban J connectivity index is 1.97. The molecule has 3 aliphatic rings. The summed E-state index contributed by atoms with van der Waals surface area (Å²) in [5.74, 6) is -1.29. The Bertz CT molecular complexity index is 1130. The fourth-order valence-corrected chi connectivity index (χ4v) is 6.47. The second-order valence-electron chi connectivity index (χ2n) is 10.1. The van der Waals surface area contributed by atoms with E-state index in [2.05, 4.69) is 18.2 Å². The maximum Gasteiger partial charge on any atom is 0.217 e. The minimum Gasteiger partial charge on any atom is -0.496 e. The lowest BCUT2D eigenvalue weighted by Gasteiger charge is -2.50. The van der Waals surface area contributed by atoms with Crippen LogP contribution in [0.25, 0.3) is 0 Å². The molecule has 9 heteroatoms. The molecule has 0 spiro atoms. The van der Waals surface area contributed by atoms with E-state index in [1.54, 1.807) is 12.1 Å². The highest BCUT2D eigenvalue weighted by atomic mass is 16.7. The van der Waals surface area contributed by atoms with Gasteiger partial charge in [-0.25, -0.2) is 0 Å². The Morgan fingerprint density at radius 3 is 1.92 bits per heavy atom. The summed E-state index contributed by atoms with van der Waals surface area (Å²) in [4.78, 5) is 0. The number of rotatable bonds is 4. The molecule has 1 aromatic rings. The monoisotopic (exact) mass is 506 g/mol. The van der Waals surface area contributed by atoms with E-state index in [4.69, 9.17) is 29.1 Å². The lowest BCUT2D eigenvalue weighted by Crippen LogP contribution is -2.59. The van der Waals surface area contributed by atoms with Crippen molar-refractivity contribution < 1.29 is 23.7 Å². The zero-order valence-electron chi connectivity index (χ0n) is 21.8. The van der Waals surface area contributed by atoms with E-state index in [9.17, 15) is 15.8 Å². The molecule has 2 aliphatic heterocycles. The van der Waals surface area contributed by atoms with Crippen molar-refractivity contribution in [2.75, 3.05) is 21.3 Å². The van der Waals surface area contributed by atoms with Gasteiger partial charge < -0.3 is 23.7 Å². The normalized spacial score (nSPS) is 31.1. The van der Waals surface area contributed by atoms with Crippen molar-refractivity contribution in [2.24, 2.45) is 16.7 Å². The van der Waals surface area contributed by atoms with Crippen LogP contribution < -0.4 is 14.2 Å². The molecule has 4 rings (SSSR count). The van der Waals surface area contributed by atoms with Gasteiger partial charge in [0.1, 0.15) is 23.4 Å². The van der Waals surface area contributed by atoms with Crippen LogP contribution in [0.5, 0.6) is 17.2 Å². The van der Waals surface area contributed by atoms with E-state index in [-0.39, 0.29) is 17.4 Å². The second-order valence-corrected chi connectivity index (χ2v) is 10.1. The highest BCUT2D eigenvalue weighted by Gasteiger charge is 2.80. The molecule has 2 heterocycles. The van der Waals surface area contributed by atoms with Crippen molar-refractivity contribution >= 4 is 5.90 Å². The smallest absolute Gasteiger partial charge is 0.217 e. The number of nitriles is 3. The lowest BCUT2D eigenvalue weighted by atomic mass is 9.52. The largest absolute Gasteiger partial charge is 0.496 e. The maximum absolute atomic E-state index is 10.7. The zero-order chi connectivity index (χ0) is 26.7. The predicted octanol–water partition coefficient (Wildman–Crippen LogP) is 5.56. The van der Waals surface area contributed by atoms with Crippen LogP contribution in [0.3, 0.4) is 0 Å². The first-order valence-electron chi connectivity index (χ1n) is 12.9. The van der Waals surface area contributed by atoms with Gasteiger partial charge in [0, 0.05) is 18.6 Å². The van der Waals surface area contributed by atoms with E-state index in [0.717, 1.165) is 38.5 Å². The first-order chi connectivity index (χ1) is 17.9. The number of nitrogens with one attached hydrogen (secondary N) is 1. The summed E-state index contributed by atoms with van der Waals surface area (Å²) < 4.78 is 29.7. The number of hydrogen-bond donors (Lipinski definition) is 1. The SMILES string of the molecule is COc1cc(OC)c(C2OC34CCCCCCCCCCC3C(C#N)(C(=N)O4)C2(C#N)C#N)c(OC)c1. The van der Waals surface area contributed by atoms with Crippen LogP contribution in [0.4, 0.5) is 0 Å². The van der Waals surface area contributed by atoms with Gasteiger partial charge in [-0.15, -0.1) is 0 Å². The van der Waals surface area contributed by atoms with Gasteiger partial charge in [-0.1, -0.05) is 44.9 Å². The summed E-state index contributed by atoms with van der Waals surface area (Å²) in [5.41, 5.74) is -3.59. The predicted molar refractivity (Wildman–Crippen MR) is 133 cm³/mol. The Morgan fingerprint density at radius 2 is 1.41 bits per heavy atom. The molecular formula is C28H34N4O5. The highest BCUT2D eigenvalue weighted by molar-refractivity contribution is 5.89. The summed E-state index contributed by atoms with van der Waals surface area (Å²) in [6.07, 6.45) is 7.72. The first kappa shape index (κ1) is 26.6. The maximum atomic E-state index is 10.7. The molecule has 3 fully saturated rings. The molecule has 9 nitrogen and oxygen atoms in total. The molecule has 196 valence electrons. The van der Waals surface area contributed by atoms with Crippen LogP contribution in [-0.4, -0.2) is 33.0 Å². The third kappa shape index (κ3) is 3.87. The number of nitrogens with zero attached hydrogens (tertiary/aromatic N) is 3. The van der Waals surface area contributed by atoms with Gasteiger partial charge in [-0.3, -0.25) is 5.41 Å². The Hall–Kier alpha value is -3.48. The summed E-state index contributed by atoms with van der Waals surface area (Å²) in [5, 5.41) is 41.0. The highest BCUT2D eigenvalue weighted by Crippen LogP contribution is 2.69. The third-order valence-electron chi connectivity index (χ3n) is 8.33. The van der Waals surface area contributed by atoms with Gasteiger partial charge in [0.15, 0.2) is 5.41 Å². The molecular weight excluding hydrogens is 472 g/mol. The standard InChI is InChI=1S/C28H34N4O5/c1-33-19-14-20(34-2)23(21(15-19)35-3)24-26(16-29,17-30)27(18-31)22-12-10-8-6-4-5-7-9-11-13-28(22,36-24)37-25(27)32/h14-15,22,24,32H,4-13H2,1-3H3. The number of benzene rings is 1. The lowest BCUT2D eigenvalue weighted by molar-refractivity contribution is -0.288. The fourth-order valence-electron chi connectivity index (χ4n) is 6.47. The molecule has 2 bridgehead atoms. The van der Waals surface area contributed by atoms with E-state index >= 15 is 0 Å². The summed E-state index contributed by atoms with van der Waals surface area (Å²) in [7, 11) is 4.44. The van der Waals surface area contributed by atoms with Crippen molar-refractivity contribution in [3.63, 3.8) is 0 Å². The Kier molecular flexibility index (Phi) is 7.53. The molecule has 0 aromatic heterocycles. The van der Waals surface area contributed by atoms with Gasteiger partial charge in [0.25, 0.3) is 0 Å². The minimum atomic E-state index is -2.09. The van der Waals surface area contributed by atoms with Gasteiger partial charge >= 0.3 is 0 Å². The molecule has 4 unspecified atom stereocenters. The van der Waals surface area contributed by atoms with Crippen LogP contribution in [0.15, 0.2) is 12.1 Å². The third-order valence-corrected chi connectivity index (χ3v) is 8.33. The van der Waals surface area contributed by atoms with Crippen molar-refractivity contribution in [3.8, 4) is 35.5 Å². The molecule has 37 heavy (non-hydrogen) atoms. The van der Waals surface area contributed by atoms with E-state index in [1.165, 1.54) is 34.2 Å². The zero-order valence-corrected chi connectivity index (χ0v) is 21.8. The van der Waals surface area contributed by atoms with Crippen molar-refractivity contribution in [1.82, 2.24) is 0 Å². The topological polar surface area (TPSA) is 141 Å². The van der Waals surface area contributed by atoms with E-state index in [1.807, 2.05) is 0 Å². The van der Waals surface area contributed by atoms with Crippen molar-refractivity contribution in [3.05, 3.63) is 17.7 Å². The Labute approximate surface area is 218 Å². The summed E-state index contributed by atoms with van der Waals surface area (Å²) >= 11 is 0. The fraction of sp³-hybridized carbons (Fsp3) is 0.643. The van der Waals surface area contributed by atoms with Crippen LogP contribution in [0, 0.1) is 56.2 Å². The molecule has 0 amide bonds. The summed E-state index contributed by atoms with van der Waals surface area (Å²) in [6.45, 7) is 0. The van der Waals surface area contributed by atoms with E-state index < -0.39 is 28.6 Å². The molecule has 0 radical (unpaired) electrons. The van der Waals surface area contributed by atoms with Gasteiger partial charge in [0.2, 0.25) is 17.1 Å². The summed E-state index contributed by atoms with van der Waals surface area (Å²) in [6, 6.07) is 9.80. The number of ether oxygens (including phenoxy) is 5. The Morgan fingerprint density at radius 1 is 0.838 bits per heavy atom.